The third-order valence-corrected chi connectivity index (χ3v) is 7.52. The number of carbonyl (C=O) groups excluding carboxylic acids is 1. The Morgan fingerprint density at radius 2 is 1.91 bits per heavy atom. The molecule has 35 heavy (non-hydrogen) atoms. The standard InChI is InChI=1S/C26H23N5O3S/c1-15-16(14-30(3)29-15)13-20-24(33)31-22-18-11-7-8-12-19(18)34-26(2,28-25(31)35-20)21(22)23(32)27-17-9-5-4-6-10-17/h4-14,21-22H,1-3H3,(H,27,32)/b20-13-/t21-,22-,26+/m0/s1. The number of thiazole rings is 1. The Labute approximate surface area is 204 Å². The van der Waals surface area contributed by atoms with Crippen molar-refractivity contribution in [2.45, 2.75) is 25.6 Å². The summed E-state index contributed by atoms with van der Waals surface area (Å²) in [7, 11) is 1.85. The summed E-state index contributed by atoms with van der Waals surface area (Å²) in [5.41, 5.74) is 1.82. The number of hydrogen-bond acceptors (Lipinski definition) is 6. The second-order valence-electron chi connectivity index (χ2n) is 9.00. The van der Waals surface area contributed by atoms with Crippen molar-refractivity contribution >= 4 is 29.0 Å². The Morgan fingerprint density at radius 3 is 2.66 bits per heavy atom. The van der Waals surface area contributed by atoms with Crippen molar-refractivity contribution in [3.63, 3.8) is 0 Å². The molecule has 3 atom stereocenters. The van der Waals surface area contributed by atoms with E-state index in [9.17, 15) is 9.59 Å². The highest BCUT2D eigenvalue weighted by Crippen LogP contribution is 2.47. The van der Waals surface area contributed by atoms with Crippen molar-refractivity contribution in [3.8, 4) is 5.75 Å². The van der Waals surface area contributed by atoms with Gasteiger partial charge in [-0.05, 0) is 38.1 Å². The van der Waals surface area contributed by atoms with Crippen molar-refractivity contribution in [2.24, 2.45) is 18.0 Å². The van der Waals surface area contributed by atoms with E-state index in [2.05, 4.69) is 10.4 Å². The summed E-state index contributed by atoms with van der Waals surface area (Å²) >= 11 is 1.30. The molecule has 9 heteroatoms. The molecule has 4 aromatic rings. The van der Waals surface area contributed by atoms with Crippen LogP contribution in [0, 0.1) is 12.8 Å². The van der Waals surface area contributed by atoms with Crippen LogP contribution in [-0.2, 0) is 11.8 Å². The molecule has 0 saturated heterocycles. The van der Waals surface area contributed by atoms with Crippen LogP contribution in [0.2, 0.25) is 0 Å². The van der Waals surface area contributed by atoms with E-state index in [1.807, 2.05) is 87.8 Å². The van der Waals surface area contributed by atoms with E-state index in [4.69, 9.17) is 9.73 Å². The van der Waals surface area contributed by atoms with E-state index in [0.717, 1.165) is 16.8 Å². The predicted octanol–water partition coefficient (Wildman–Crippen LogP) is 2.37. The Hall–Kier alpha value is -3.98. The van der Waals surface area contributed by atoms with E-state index in [-0.39, 0.29) is 11.5 Å². The Morgan fingerprint density at radius 1 is 1.17 bits per heavy atom. The van der Waals surface area contributed by atoms with Crippen LogP contribution >= 0.6 is 11.3 Å². The minimum absolute atomic E-state index is 0.182. The number of carbonyl (C=O) groups is 1. The molecular formula is C26H23N5O3S. The van der Waals surface area contributed by atoms with Crippen LogP contribution in [0.3, 0.4) is 0 Å². The van der Waals surface area contributed by atoms with Crippen molar-refractivity contribution in [1.82, 2.24) is 14.3 Å². The summed E-state index contributed by atoms with van der Waals surface area (Å²) in [4.78, 5) is 32.8. The quantitative estimate of drug-likeness (QED) is 0.482. The third-order valence-electron chi connectivity index (χ3n) is 6.54. The number of hydrogen-bond donors (Lipinski definition) is 1. The molecule has 2 aromatic carbocycles. The number of amides is 1. The van der Waals surface area contributed by atoms with Crippen molar-refractivity contribution in [1.29, 1.82) is 0 Å². The zero-order valence-corrected chi connectivity index (χ0v) is 20.2. The third kappa shape index (κ3) is 3.42. The number of benzene rings is 2. The summed E-state index contributed by atoms with van der Waals surface area (Å²) in [6, 6.07) is 16.3. The molecule has 2 bridgehead atoms. The maximum Gasteiger partial charge on any atom is 0.270 e. The van der Waals surface area contributed by atoms with Crippen LogP contribution in [0.5, 0.6) is 5.75 Å². The molecule has 2 aliphatic rings. The molecule has 1 amide bonds. The van der Waals surface area contributed by atoms with E-state index in [0.29, 0.717) is 20.8 Å². The maximum atomic E-state index is 13.8. The van der Waals surface area contributed by atoms with Gasteiger partial charge in [-0.1, -0.05) is 47.7 Å². The minimum Gasteiger partial charge on any atom is -0.465 e. The van der Waals surface area contributed by atoms with Crippen LogP contribution in [0.4, 0.5) is 5.69 Å². The first-order valence-corrected chi connectivity index (χ1v) is 12.1. The van der Waals surface area contributed by atoms with E-state index < -0.39 is 17.7 Å². The van der Waals surface area contributed by atoms with Gasteiger partial charge in [-0.15, -0.1) is 0 Å². The molecule has 176 valence electrons. The van der Waals surface area contributed by atoms with Crippen LogP contribution in [-0.4, -0.2) is 26.0 Å². The molecule has 0 fully saturated rings. The number of para-hydroxylation sites is 2. The summed E-state index contributed by atoms with van der Waals surface area (Å²) in [5, 5.41) is 7.37. The molecule has 4 heterocycles. The largest absolute Gasteiger partial charge is 0.465 e. The van der Waals surface area contributed by atoms with Gasteiger partial charge in [0.05, 0.1) is 16.3 Å². The van der Waals surface area contributed by atoms with E-state index in [1.165, 1.54) is 11.3 Å². The molecule has 8 nitrogen and oxygen atoms in total. The molecule has 6 rings (SSSR count). The summed E-state index contributed by atoms with van der Waals surface area (Å²) in [5.74, 6) is -0.366. The second kappa shape index (κ2) is 7.78. The fraction of sp³-hybridized carbons (Fsp3) is 0.231. The van der Waals surface area contributed by atoms with Crippen LogP contribution in [0.1, 0.15) is 29.8 Å². The van der Waals surface area contributed by atoms with Crippen LogP contribution < -0.4 is 24.9 Å². The Balaban J connectivity index is 1.55. The van der Waals surface area contributed by atoms with Gasteiger partial charge in [0.1, 0.15) is 11.7 Å². The van der Waals surface area contributed by atoms with Gasteiger partial charge in [0.15, 0.2) is 4.80 Å². The molecule has 0 saturated carbocycles. The number of aromatic nitrogens is 3. The van der Waals surface area contributed by atoms with E-state index in [1.54, 1.807) is 9.25 Å². The lowest BCUT2D eigenvalue weighted by Gasteiger charge is -2.45. The van der Waals surface area contributed by atoms with Gasteiger partial charge in [-0.3, -0.25) is 18.8 Å². The van der Waals surface area contributed by atoms with Gasteiger partial charge < -0.3 is 10.1 Å². The maximum absolute atomic E-state index is 13.8. The fourth-order valence-corrected chi connectivity index (χ4v) is 6.08. The minimum atomic E-state index is -1.17. The highest BCUT2D eigenvalue weighted by atomic mass is 32.1. The predicted molar refractivity (Wildman–Crippen MR) is 133 cm³/mol. The average Bonchev–Trinajstić information content (AvgIpc) is 3.30. The molecular weight excluding hydrogens is 462 g/mol. The average molecular weight is 486 g/mol. The molecule has 0 unspecified atom stereocenters. The summed E-state index contributed by atoms with van der Waals surface area (Å²) in [6.45, 7) is 3.72. The number of anilines is 1. The van der Waals surface area contributed by atoms with E-state index >= 15 is 0 Å². The van der Waals surface area contributed by atoms with Gasteiger partial charge in [-0.25, -0.2) is 4.99 Å². The first-order chi connectivity index (χ1) is 16.8. The second-order valence-corrected chi connectivity index (χ2v) is 10.0. The lowest BCUT2D eigenvalue weighted by Crippen LogP contribution is -2.59. The van der Waals surface area contributed by atoms with Gasteiger partial charge in [0.25, 0.3) is 5.56 Å². The first-order valence-electron chi connectivity index (χ1n) is 11.3. The van der Waals surface area contributed by atoms with Gasteiger partial charge >= 0.3 is 0 Å². The monoisotopic (exact) mass is 485 g/mol. The Bertz CT molecular complexity index is 1650. The number of nitrogens with zero attached hydrogens (tertiary/aromatic N) is 4. The SMILES string of the molecule is Cc1nn(C)cc1/C=c1\sc2n(c1=O)[C@H]1c3ccccc3O[C@@](C)(N=2)[C@@H]1C(=O)Nc1ccccc1. The van der Waals surface area contributed by atoms with Crippen molar-refractivity contribution in [2.75, 3.05) is 5.32 Å². The van der Waals surface area contributed by atoms with Crippen LogP contribution in [0.25, 0.3) is 6.08 Å². The van der Waals surface area contributed by atoms with Gasteiger partial charge in [-0.2, -0.15) is 5.10 Å². The summed E-state index contributed by atoms with van der Waals surface area (Å²) in [6.07, 6.45) is 3.72. The summed E-state index contributed by atoms with van der Waals surface area (Å²) < 4.78 is 10.3. The lowest BCUT2D eigenvalue weighted by molar-refractivity contribution is -0.131. The number of ether oxygens (including phenoxy) is 1. The van der Waals surface area contributed by atoms with Crippen LogP contribution in [0.15, 0.2) is 70.6 Å². The molecule has 0 radical (unpaired) electrons. The first kappa shape index (κ1) is 21.5. The Kier molecular flexibility index (Phi) is 4.79. The molecule has 0 spiro atoms. The molecule has 0 aliphatic carbocycles. The fourth-order valence-electron chi connectivity index (χ4n) is 4.99. The number of fused-ring (bicyclic) bond motifs is 6. The molecule has 2 aromatic heterocycles. The lowest BCUT2D eigenvalue weighted by atomic mass is 9.80. The highest BCUT2D eigenvalue weighted by molar-refractivity contribution is 7.07. The smallest absolute Gasteiger partial charge is 0.270 e. The number of rotatable bonds is 3. The van der Waals surface area contributed by atoms with Gasteiger partial charge in [0, 0.05) is 30.1 Å². The number of aryl methyl sites for hydroxylation is 2. The highest BCUT2D eigenvalue weighted by Gasteiger charge is 2.55. The van der Waals surface area contributed by atoms with Crippen molar-refractivity contribution < 1.29 is 9.53 Å². The zero-order chi connectivity index (χ0) is 24.3. The topological polar surface area (TPSA) is 90.5 Å². The number of nitrogens with one attached hydrogen (secondary N) is 1. The zero-order valence-electron chi connectivity index (χ0n) is 19.4. The molecule has 2 aliphatic heterocycles. The normalized spacial score (nSPS) is 22.5. The van der Waals surface area contributed by atoms with Gasteiger partial charge in [0.2, 0.25) is 11.6 Å². The van der Waals surface area contributed by atoms with Crippen molar-refractivity contribution in [3.05, 3.63) is 97.3 Å². The molecule has 1 N–H and O–H groups in total.